The van der Waals surface area contributed by atoms with Crippen molar-refractivity contribution in [3.63, 3.8) is 0 Å². The fourth-order valence-corrected chi connectivity index (χ4v) is 3.11. The molecule has 24 heavy (non-hydrogen) atoms. The standard InChI is InChI=1S/C19H20O5/c20-14-5-4-13-9-18(23)19(24)10-15(13)12(8-14)3-1-11-2-6-16(21)17(22)7-11/h1-3,6-7,9-10,12,14,20-24H,4-5,8H2. The number of aromatic hydroxyl groups is 4. The van der Waals surface area contributed by atoms with Gasteiger partial charge in [-0.1, -0.05) is 18.2 Å². The van der Waals surface area contributed by atoms with Crippen LogP contribution in [0.3, 0.4) is 0 Å². The number of phenols is 4. The van der Waals surface area contributed by atoms with Gasteiger partial charge in [0.25, 0.3) is 0 Å². The first-order valence-corrected chi connectivity index (χ1v) is 7.87. The average molecular weight is 328 g/mol. The molecule has 0 amide bonds. The molecule has 0 fully saturated rings. The van der Waals surface area contributed by atoms with E-state index in [1.165, 1.54) is 12.1 Å². The molecule has 0 aromatic heterocycles. The van der Waals surface area contributed by atoms with Gasteiger partial charge in [0, 0.05) is 5.92 Å². The Morgan fingerprint density at radius 3 is 2.33 bits per heavy atom. The Hall–Kier alpha value is -2.66. The van der Waals surface area contributed by atoms with E-state index in [9.17, 15) is 25.5 Å². The topological polar surface area (TPSA) is 101 Å². The summed E-state index contributed by atoms with van der Waals surface area (Å²) in [6, 6.07) is 7.64. The smallest absolute Gasteiger partial charge is 0.157 e. The second-order valence-electron chi connectivity index (χ2n) is 6.18. The molecule has 2 aromatic carbocycles. The van der Waals surface area contributed by atoms with Gasteiger partial charge in [-0.25, -0.2) is 0 Å². The van der Waals surface area contributed by atoms with E-state index in [1.54, 1.807) is 24.3 Å². The molecule has 0 radical (unpaired) electrons. The molecule has 0 saturated carbocycles. The maximum absolute atomic E-state index is 10.1. The fraction of sp³-hybridized carbons (Fsp3) is 0.263. The molecule has 5 N–H and O–H groups in total. The van der Waals surface area contributed by atoms with E-state index in [4.69, 9.17) is 0 Å². The van der Waals surface area contributed by atoms with E-state index in [0.29, 0.717) is 24.8 Å². The second-order valence-corrected chi connectivity index (χ2v) is 6.18. The number of aliphatic hydroxyl groups excluding tert-OH is 1. The molecular formula is C19H20O5. The largest absolute Gasteiger partial charge is 0.504 e. The first-order chi connectivity index (χ1) is 11.4. The lowest BCUT2D eigenvalue weighted by Gasteiger charge is -2.16. The molecule has 0 heterocycles. The number of benzene rings is 2. The molecule has 0 aliphatic heterocycles. The van der Waals surface area contributed by atoms with Gasteiger partial charge in [0.05, 0.1) is 6.10 Å². The SMILES string of the molecule is Oc1ccc(C=CC2CC(O)CCc3cc(O)c(O)cc32)cc1O. The molecule has 0 bridgehead atoms. The molecule has 5 nitrogen and oxygen atoms in total. The number of hydrogen-bond acceptors (Lipinski definition) is 5. The van der Waals surface area contributed by atoms with Crippen LogP contribution in [0.4, 0.5) is 0 Å². The Morgan fingerprint density at radius 1 is 0.875 bits per heavy atom. The lowest BCUT2D eigenvalue weighted by Crippen LogP contribution is -2.08. The summed E-state index contributed by atoms with van der Waals surface area (Å²) < 4.78 is 0. The van der Waals surface area contributed by atoms with Crippen molar-refractivity contribution in [3.05, 3.63) is 53.1 Å². The molecule has 2 atom stereocenters. The van der Waals surface area contributed by atoms with Crippen molar-refractivity contribution in [1.82, 2.24) is 0 Å². The van der Waals surface area contributed by atoms with E-state index in [-0.39, 0.29) is 28.9 Å². The Morgan fingerprint density at radius 2 is 1.58 bits per heavy atom. The van der Waals surface area contributed by atoms with E-state index >= 15 is 0 Å². The van der Waals surface area contributed by atoms with Crippen molar-refractivity contribution in [2.24, 2.45) is 0 Å². The first kappa shape index (κ1) is 16.2. The van der Waals surface area contributed by atoms with E-state index in [1.807, 2.05) is 6.08 Å². The summed E-state index contributed by atoms with van der Waals surface area (Å²) in [6.45, 7) is 0. The van der Waals surface area contributed by atoms with Gasteiger partial charge in [0.2, 0.25) is 0 Å². The summed E-state index contributed by atoms with van der Waals surface area (Å²) in [6.07, 6.45) is 4.98. The molecule has 1 aliphatic carbocycles. The highest BCUT2D eigenvalue weighted by atomic mass is 16.3. The van der Waals surface area contributed by atoms with Gasteiger partial charge in [0.1, 0.15) is 0 Å². The van der Waals surface area contributed by atoms with Crippen LogP contribution in [0.5, 0.6) is 23.0 Å². The summed E-state index contributed by atoms with van der Waals surface area (Å²) in [5, 5.41) is 48.5. The molecule has 0 spiro atoms. The van der Waals surface area contributed by atoms with Crippen LogP contribution in [-0.2, 0) is 6.42 Å². The average Bonchev–Trinajstić information content (AvgIpc) is 2.69. The van der Waals surface area contributed by atoms with Crippen LogP contribution in [0.2, 0.25) is 0 Å². The zero-order valence-corrected chi connectivity index (χ0v) is 13.1. The number of aryl methyl sites for hydroxylation is 1. The third kappa shape index (κ3) is 3.31. The van der Waals surface area contributed by atoms with Crippen LogP contribution in [0.25, 0.3) is 6.08 Å². The third-order valence-corrected chi connectivity index (χ3v) is 4.43. The highest BCUT2D eigenvalue weighted by Crippen LogP contribution is 2.38. The summed E-state index contributed by atoms with van der Waals surface area (Å²) in [4.78, 5) is 0. The molecule has 2 unspecified atom stereocenters. The lowest BCUT2D eigenvalue weighted by molar-refractivity contribution is 0.154. The monoisotopic (exact) mass is 328 g/mol. The van der Waals surface area contributed by atoms with Gasteiger partial charge in [0.15, 0.2) is 23.0 Å². The van der Waals surface area contributed by atoms with Crippen LogP contribution < -0.4 is 0 Å². The predicted octanol–water partition coefficient (Wildman–Crippen LogP) is 3.00. The molecule has 2 aromatic rings. The molecule has 126 valence electrons. The Bertz CT molecular complexity index is 782. The zero-order chi connectivity index (χ0) is 17.3. The highest BCUT2D eigenvalue weighted by molar-refractivity contribution is 5.57. The Balaban J connectivity index is 1.95. The lowest BCUT2D eigenvalue weighted by atomic mass is 9.91. The second kappa shape index (κ2) is 6.45. The summed E-state index contributed by atoms with van der Waals surface area (Å²) in [7, 11) is 0. The molecule has 0 saturated heterocycles. The van der Waals surface area contributed by atoms with Crippen molar-refractivity contribution < 1.29 is 25.5 Å². The Labute approximate surface area is 139 Å². The van der Waals surface area contributed by atoms with Crippen molar-refractivity contribution in [2.75, 3.05) is 0 Å². The van der Waals surface area contributed by atoms with Gasteiger partial charge in [-0.15, -0.1) is 0 Å². The van der Waals surface area contributed by atoms with Gasteiger partial charge in [-0.3, -0.25) is 0 Å². The number of aliphatic hydroxyl groups is 1. The van der Waals surface area contributed by atoms with Crippen LogP contribution >= 0.6 is 0 Å². The van der Waals surface area contributed by atoms with Crippen LogP contribution in [0.15, 0.2) is 36.4 Å². The third-order valence-electron chi connectivity index (χ3n) is 4.43. The first-order valence-electron chi connectivity index (χ1n) is 7.87. The number of rotatable bonds is 2. The van der Waals surface area contributed by atoms with Crippen molar-refractivity contribution in [2.45, 2.75) is 31.3 Å². The van der Waals surface area contributed by atoms with Crippen molar-refractivity contribution >= 4 is 6.08 Å². The summed E-state index contributed by atoms with van der Waals surface area (Å²) in [5.41, 5.74) is 2.50. The minimum absolute atomic E-state index is 0.125. The Kier molecular flexibility index (Phi) is 4.36. The molecule has 5 heteroatoms. The van der Waals surface area contributed by atoms with E-state index in [2.05, 4.69) is 0 Å². The van der Waals surface area contributed by atoms with Gasteiger partial charge in [-0.05, 0) is 60.2 Å². The number of hydrogen-bond donors (Lipinski definition) is 5. The number of phenolic OH excluding ortho intramolecular Hbond substituents is 4. The van der Waals surface area contributed by atoms with Gasteiger partial charge < -0.3 is 25.5 Å². The molecule has 3 rings (SSSR count). The fourth-order valence-electron chi connectivity index (χ4n) is 3.11. The molecule has 1 aliphatic rings. The van der Waals surface area contributed by atoms with E-state index in [0.717, 1.165) is 11.1 Å². The van der Waals surface area contributed by atoms with Crippen molar-refractivity contribution in [3.8, 4) is 23.0 Å². The van der Waals surface area contributed by atoms with Crippen LogP contribution in [0, 0.1) is 0 Å². The maximum atomic E-state index is 10.1. The quantitative estimate of drug-likeness (QED) is 0.431. The number of fused-ring (bicyclic) bond motifs is 1. The number of allylic oxidation sites excluding steroid dienone is 1. The van der Waals surface area contributed by atoms with Gasteiger partial charge >= 0.3 is 0 Å². The maximum Gasteiger partial charge on any atom is 0.157 e. The zero-order valence-electron chi connectivity index (χ0n) is 13.1. The van der Waals surface area contributed by atoms with E-state index < -0.39 is 6.10 Å². The predicted molar refractivity (Wildman–Crippen MR) is 90.3 cm³/mol. The van der Waals surface area contributed by atoms with Crippen LogP contribution in [-0.4, -0.2) is 31.6 Å². The van der Waals surface area contributed by atoms with Gasteiger partial charge in [-0.2, -0.15) is 0 Å². The summed E-state index contributed by atoms with van der Waals surface area (Å²) in [5.74, 6) is -0.828. The van der Waals surface area contributed by atoms with Crippen molar-refractivity contribution in [1.29, 1.82) is 0 Å². The molecular weight excluding hydrogens is 308 g/mol. The summed E-state index contributed by atoms with van der Waals surface area (Å²) >= 11 is 0. The minimum atomic E-state index is -0.468. The highest BCUT2D eigenvalue weighted by Gasteiger charge is 2.23. The minimum Gasteiger partial charge on any atom is -0.504 e. The van der Waals surface area contributed by atoms with Crippen LogP contribution in [0.1, 0.15) is 35.4 Å². The normalized spacial score (nSPS) is 20.7.